The maximum atomic E-state index is 9.55. The summed E-state index contributed by atoms with van der Waals surface area (Å²) in [5.41, 5.74) is 1.18. The zero-order chi connectivity index (χ0) is 17.1. The van der Waals surface area contributed by atoms with E-state index in [2.05, 4.69) is 25.9 Å². The molecule has 0 radical (unpaired) electrons. The number of nitrogens with zero attached hydrogens (tertiary/aromatic N) is 2. The van der Waals surface area contributed by atoms with E-state index in [9.17, 15) is 10.2 Å². The predicted molar refractivity (Wildman–Crippen MR) is 99.5 cm³/mol. The monoisotopic (exact) mass is 402 g/mol. The first-order valence-electron chi connectivity index (χ1n) is 7.02. The minimum atomic E-state index is 0.0507. The molecule has 2 N–H and O–H groups in total. The number of fused-ring (bicyclic) bond motifs is 2. The second-order valence-corrected chi connectivity index (χ2v) is 6.20. The van der Waals surface area contributed by atoms with Crippen molar-refractivity contribution >= 4 is 49.3 Å². The lowest BCUT2D eigenvalue weighted by atomic mass is 10.2. The molecule has 24 heavy (non-hydrogen) atoms. The topological polar surface area (TPSA) is 66.2 Å². The van der Waals surface area contributed by atoms with Crippen LogP contribution in [-0.4, -0.2) is 20.2 Å². The van der Waals surface area contributed by atoms with E-state index in [1.54, 1.807) is 24.5 Å². The van der Waals surface area contributed by atoms with Crippen LogP contribution in [0.15, 0.2) is 65.4 Å². The van der Waals surface area contributed by atoms with Crippen molar-refractivity contribution in [3.8, 4) is 11.5 Å². The summed E-state index contributed by atoms with van der Waals surface area (Å²) in [4.78, 5) is 8.07. The molecule has 0 bridgehead atoms. The number of aromatic hydroxyl groups is 2. The maximum Gasteiger partial charge on any atom is 0.160 e. The van der Waals surface area contributed by atoms with E-state index in [1.807, 2.05) is 36.4 Å². The molecular formula is C18H12BrClN2O2. The molecule has 0 spiro atoms. The van der Waals surface area contributed by atoms with Crippen molar-refractivity contribution in [3.05, 3.63) is 70.4 Å². The molecule has 0 unspecified atom stereocenters. The third-order valence-electron chi connectivity index (χ3n) is 3.40. The summed E-state index contributed by atoms with van der Waals surface area (Å²) in [6, 6.07) is 14.6. The highest BCUT2D eigenvalue weighted by Crippen LogP contribution is 2.31. The fourth-order valence-electron chi connectivity index (χ4n) is 2.21. The SMILES string of the molecule is Oc1c(Br)ccc2cccnc12.Oc1c(Cl)ccc2cccnc12. The van der Waals surface area contributed by atoms with Crippen LogP contribution < -0.4 is 0 Å². The minimum absolute atomic E-state index is 0.0507. The van der Waals surface area contributed by atoms with Crippen molar-refractivity contribution in [1.82, 2.24) is 9.97 Å². The van der Waals surface area contributed by atoms with Gasteiger partial charge in [-0.1, -0.05) is 35.9 Å². The predicted octanol–water partition coefficient (Wildman–Crippen LogP) is 5.30. The summed E-state index contributed by atoms with van der Waals surface area (Å²) in [7, 11) is 0. The zero-order valence-electron chi connectivity index (χ0n) is 12.3. The highest BCUT2D eigenvalue weighted by molar-refractivity contribution is 9.10. The van der Waals surface area contributed by atoms with Gasteiger partial charge in [0.15, 0.2) is 11.5 Å². The van der Waals surface area contributed by atoms with Crippen molar-refractivity contribution < 1.29 is 10.2 Å². The first-order chi connectivity index (χ1) is 11.6. The van der Waals surface area contributed by atoms with Gasteiger partial charge in [-0.2, -0.15) is 0 Å². The number of hydrogen-bond acceptors (Lipinski definition) is 4. The van der Waals surface area contributed by atoms with Crippen molar-refractivity contribution in [2.45, 2.75) is 0 Å². The molecule has 0 atom stereocenters. The molecule has 120 valence electrons. The van der Waals surface area contributed by atoms with Gasteiger partial charge in [-0.3, -0.25) is 9.97 Å². The lowest BCUT2D eigenvalue weighted by molar-refractivity contribution is 0.477. The molecule has 6 heteroatoms. The van der Waals surface area contributed by atoms with Gasteiger partial charge in [-0.15, -0.1) is 0 Å². The zero-order valence-corrected chi connectivity index (χ0v) is 14.7. The van der Waals surface area contributed by atoms with E-state index in [0.717, 1.165) is 10.8 Å². The number of phenols is 2. The van der Waals surface area contributed by atoms with Crippen LogP contribution in [0.2, 0.25) is 5.02 Å². The number of phenolic OH excluding ortho intramolecular Hbond substituents is 2. The average Bonchev–Trinajstić information content (AvgIpc) is 2.62. The smallest absolute Gasteiger partial charge is 0.160 e. The fourth-order valence-corrected chi connectivity index (χ4v) is 2.68. The van der Waals surface area contributed by atoms with Crippen molar-refractivity contribution in [2.24, 2.45) is 0 Å². The molecular weight excluding hydrogens is 392 g/mol. The molecule has 2 aromatic carbocycles. The van der Waals surface area contributed by atoms with Gasteiger partial charge in [0.2, 0.25) is 0 Å². The Morgan fingerprint density at radius 2 is 1.29 bits per heavy atom. The largest absolute Gasteiger partial charge is 0.505 e. The standard InChI is InChI=1S/C9H6BrNO.C9H6ClNO/c2*10-7-4-3-6-2-1-5-11-8(6)9(7)12/h2*1-5,12H. The Balaban J connectivity index is 0.000000141. The average molecular weight is 404 g/mol. The van der Waals surface area contributed by atoms with Crippen molar-refractivity contribution in [3.63, 3.8) is 0 Å². The molecule has 4 aromatic rings. The number of hydrogen-bond donors (Lipinski definition) is 2. The van der Waals surface area contributed by atoms with Crippen LogP contribution in [-0.2, 0) is 0 Å². The first-order valence-corrected chi connectivity index (χ1v) is 8.19. The van der Waals surface area contributed by atoms with Crippen LogP contribution in [0, 0.1) is 0 Å². The first kappa shape index (κ1) is 16.5. The summed E-state index contributed by atoms with van der Waals surface area (Å²) >= 11 is 8.92. The summed E-state index contributed by atoms with van der Waals surface area (Å²) in [5, 5.41) is 21.2. The summed E-state index contributed by atoms with van der Waals surface area (Å²) in [5.74, 6) is 0.253. The molecule has 0 aliphatic rings. The number of pyridine rings is 2. The molecule has 0 amide bonds. The second kappa shape index (κ2) is 7.03. The van der Waals surface area contributed by atoms with Gasteiger partial charge in [-0.25, -0.2) is 0 Å². The molecule has 4 rings (SSSR count). The summed E-state index contributed by atoms with van der Waals surface area (Å²) in [6.45, 7) is 0. The van der Waals surface area contributed by atoms with E-state index < -0.39 is 0 Å². The van der Waals surface area contributed by atoms with Crippen LogP contribution in [0.25, 0.3) is 21.8 Å². The molecule has 2 heterocycles. The third-order valence-corrected chi connectivity index (χ3v) is 4.34. The Kier molecular flexibility index (Phi) is 4.83. The highest BCUT2D eigenvalue weighted by atomic mass is 79.9. The van der Waals surface area contributed by atoms with E-state index in [4.69, 9.17) is 11.6 Å². The highest BCUT2D eigenvalue weighted by Gasteiger charge is 2.04. The second-order valence-electron chi connectivity index (χ2n) is 4.94. The van der Waals surface area contributed by atoms with Crippen molar-refractivity contribution in [2.75, 3.05) is 0 Å². The molecule has 0 saturated heterocycles. The van der Waals surface area contributed by atoms with Crippen LogP contribution in [0.4, 0.5) is 0 Å². The normalized spacial score (nSPS) is 10.4. The van der Waals surface area contributed by atoms with Crippen LogP contribution in [0.1, 0.15) is 0 Å². The minimum Gasteiger partial charge on any atom is -0.505 e. The number of benzene rings is 2. The molecule has 0 fully saturated rings. The van der Waals surface area contributed by atoms with Gasteiger partial charge in [-0.05, 0) is 40.2 Å². The molecule has 0 aliphatic carbocycles. The lowest BCUT2D eigenvalue weighted by Gasteiger charge is -2.00. The Bertz CT molecular complexity index is 941. The third kappa shape index (κ3) is 3.27. The Hall–Kier alpha value is -2.37. The van der Waals surface area contributed by atoms with Crippen molar-refractivity contribution in [1.29, 1.82) is 0 Å². The van der Waals surface area contributed by atoms with E-state index in [0.29, 0.717) is 20.5 Å². The molecule has 0 saturated carbocycles. The number of rotatable bonds is 0. The van der Waals surface area contributed by atoms with Crippen LogP contribution >= 0.6 is 27.5 Å². The summed E-state index contributed by atoms with van der Waals surface area (Å²) < 4.78 is 0.675. The van der Waals surface area contributed by atoms with Gasteiger partial charge in [0, 0.05) is 23.2 Å². The molecule has 2 aromatic heterocycles. The van der Waals surface area contributed by atoms with Gasteiger partial charge in [0.25, 0.3) is 0 Å². The lowest BCUT2D eigenvalue weighted by Crippen LogP contribution is -1.78. The van der Waals surface area contributed by atoms with Crippen LogP contribution in [0.3, 0.4) is 0 Å². The quantitative estimate of drug-likeness (QED) is 0.418. The van der Waals surface area contributed by atoms with Gasteiger partial charge < -0.3 is 10.2 Å². The summed E-state index contributed by atoms with van der Waals surface area (Å²) in [6.07, 6.45) is 3.28. The maximum absolute atomic E-state index is 9.55. The van der Waals surface area contributed by atoms with E-state index >= 15 is 0 Å². The van der Waals surface area contributed by atoms with Crippen LogP contribution in [0.5, 0.6) is 11.5 Å². The number of aromatic nitrogens is 2. The number of halogens is 2. The van der Waals surface area contributed by atoms with E-state index in [1.165, 1.54) is 0 Å². The van der Waals surface area contributed by atoms with Gasteiger partial charge in [0.05, 0.1) is 9.50 Å². The molecule has 0 aliphatic heterocycles. The fraction of sp³-hybridized carbons (Fsp3) is 0. The Labute approximate surface area is 151 Å². The van der Waals surface area contributed by atoms with E-state index in [-0.39, 0.29) is 11.5 Å². The Morgan fingerprint density at radius 3 is 1.92 bits per heavy atom. The molecule has 4 nitrogen and oxygen atoms in total. The van der Waals surface area contributed by atoms with Gasteiger partial charge >= 0.3 is 0 Å². The Morgan fingerprint density at radius 1 is 0.750 bits per heavy atom. The van der Waals surface area contributed by atoms with Gasteiger partial charge in [0.1, 0.15) is 11.0 Å².